The number of hydrogen-bond acceptors (Lipinski definition) is 3. The summed E-state index contributed by atoms with van der Waals surface area (Å²) in [5.74, 6) is -5.16. The molecule has 154 valence electrons. The minimum Gasteiger partial charge on any atom is -0.323 e. The van der Waals surface area contributed by atoms with E-state index in [1.807, 2.05) is 6.92 Å². The van der Waals surface area contributed by atoms with Gasteiger partial charge in [0.05, 0.1) is 17.3 Å². The van der Waals surface area contributed by atoms with Crippen molar-refractivity contribution in [3.05, 3.63) is 30.3 Å². The summed E-state index contributed by atoms with van der Waals surface area (Å²) in [4.78, 5) is -0.799. The van der Waals surface area contributed by atoms with E-state index in [0.29, 0.717) is 0 Å². The molecule has 2 unspecified atom stereocenters. The Kier molecular flexibility index (Phi) is 9.65. The average molecular weight is 426 g/mol. The van der Waals surface area contributed by atoms with E-state index in [4.69, 9.17) is 5.26 Å². The second kappa shape index (κ2) is 10.2. The van der Waals surface area contributed by atoms with Crippen molar-refractivity contribution in [2.45, 2.75) is 51.8 Å². The number of nitrogens with zero attached hydrogens (tertiary/aromatic N) is 3. The van der Waals surface area contributed by atoms with Crippen LogP contribution in [0.4, 0.5) is 27.4 Å². The first-order valence-electron chi connectivity index (χ1n) is 8.68. The van der Waals surface area contributed by atoms with Crippen LogP contribution in [0.25, 0.3) is 0 Å². The molecule has 3 nitrogen and oxygen atoms in total. The number of hydrogen-bond donors (Lipinski definition) is 0. The maximum absolute atomic E-state index is 13.2. The van der Waals surface area contributed by atoms with Gasteiger partial charge in [0.15, 0.2) is 0 Å². The summed E-state index contributed by atoms with van der Waals surface area (Å²) < 4.78 is 65.4. The molecule has 0 aliphatic rings. The zero-order valence-corrected chi connectivity index (χ0v) is 18.6. The molecule has 0 bridgehead atoms. The van der Waals surface area contributed by atoms with Crippen LogP contribution in [0.2, 0.25) is 25.2 Å². The Balaban J connectivity index is 0.000000516. The standard InChI is InChI=1S/C9H20N2Si.C8H8F5NSi/c1-6-11(7-2)12(4,5)9(3)8-10;1-15(13,8(9,10)11)14(12)7-5-3-2-4-6-7/h9H,6-7H2,1-5H3;2-6H,1H3. The zero-order chi connectivity index (χ0) is 21.5. The highest BCUT2D eigenvalue weighted by molar-refractivity contribution is 6.77. The average Bonchev–Trinajstić information content (AvgIpc) is 2.61. The van der Waals surface area contributed by atoms with E-state index in [1.165, 1.54) is 18.2 Å². The third-order valence-electron chi connectivity index (χ3n) is 4.70. The normalized spacial score (nSPS) is 15.2. The summed E-state index contributed by atoms with van der Waals surface area (Å²) in [5.41, 5.74) is -0.205. The van der Waals surface area contributed by atoms with Crippen molar-refractivity contribution in [2.24, 2.45) is 0 Å². The molecule has 27 heavy (non-hydrogen) atoms. The number of halogens is 5. The molecule has 0 heterocycles. The first kappa shape index (κ1) is 25.6. The minimum absolute atomic E-state index is 0.220. The maximum atomic E-state index is 13.2. The lowest BCUT2D eigenvalue weighted by Crippen LogP contribution is -2.55. The molecule has 1 aromatic rings. The van der Waals surface area contributed by atoms with Crippen LogP contribution in [-0.2, 0) is 0 Å². The molecule has 0 N–H and O–H groups in total. The third kappa shape index (κ3) is 6.58. The summed E-state index contributed by atoms with van der Waals surface area (Å²) in [6.07, 6.45) is 0. The van der Waals surface area contributed by atoms with Gasteiger partial charge in [0.1, 0.15) is 8.24 Å². The van der Waals surface area contributed by atoms with Crippen LogP contribution in [0.15, 0.2) is 30.3 Å². The quantitative estimate of drug-likeness (QED) is 0.244. The van der Waals surface area contributed by atoms with Gasteiger partial charge in [-0.3, -0.25) is 4.11 Å². The lowest BCUT2D eigenvalue weighted by molar-refractivity contribution is -0.0664. The number of rotatable bonds is 6. The van der Waals surface area contributed by atoms with E-state index in [1.54, 1.807) is 0 Å². The van der Waals surface area contributed by atoms with Crippen LogP contribution >= 0.6 is 0 Å². The molecule has 0 saturated carbocycles. The summed E-state index contributed by atoms with van der Waals surface area (Å²) in [6.45, 7) is 13.3. The van der Waals surface area contributed by atoms with Crippen molar-refractivity contribution in [1.82, 2.24) is 4.57 Å². The van der Waals surface area contributed by atoms with Gasteiger partial charge in [0, 0.05) is 0 Å². The Morgan fingerprint density at radius 1 is 1.07 bits per heavy atom. The molecule has 0 aliphatic heterocycles. The molecule has 1 rings (SSSR count). The number of nitriles is 1. The second-order valence-corrected chi connectivity index (χ2v) is 14.4. The fourth-order valence-corrected chi connectivity index (χ4v) is 5.73. The van der Waals surface area contributed by atoms with Gasteiger partial charge in [0.25, 0.3) is 0 Å². The third-order valence-corrected chi connectivity index (χ3v) is 11.2. The van der Waals surface area contributed by atoms with E-state index in [2.05, 4.69) is 37.6 Å². The van der Waals surface area contributed by atoms with E-state index >= 15 is 0 Å². The van der Waals surface area contributed by atoms with Gasteiger partial charge >= 0.3 is 14.4 Å². The van der Waals surface area contributed by atoms with Crippen LogP contribution in [0.5, 0.6) is 0 Å². The lowest BCUT2D eigenvalue weighted by Gasteiger charge is -2.37. The summed E-state index contributed by atoms with van der Waals surface area (Å²) in [7, 11) is -7.05. The lowest BCUT2D eigenvalue weighted by atomic mass is 10.3. The molecule has 0 aliphatic carbocycles. The van der Waals surface area contributed by atoms with Crippen molar-refractivity contribution in [3.8, 4) is 6.07 Å². The van der Waals surface area contributed by atoms with E-state index in [0.717, 1.165) is 25.2 Å². The summed E-state index contributed by atoms with van der Waals surface area (Å²) >= 11 is 0. The molecule has 1 aromatic carbocycles. The van der Waals surface area contributed by atoms with E-state index < -0.39 is 33.1 Å². The van der Waals surface area contributed by atoms with Gasteiger partial charge in [0.2, 0.25) is 0 Å². The van der Waals surface area contributed by atoms with Gasteiger partial charge in [-0.15, -0.1) is 4.48 Å². The Morgan fingerprint density at radius 2 is 1.52 bits per heavy atom. The van der Waals surface area contributed by atoms with Crippen molar-refractivity contribution >= 4 is 22.5 Å². The number of para-hydroxylation sites is 1. The van der Waals surface area contributed by atoms with Gasteiger partial charge in [-0.1, -0.05) is 52.1 Å². The fourth-order valence-electron chi connectivity index (χ4n) is 2.38. The Labute approximate surface area is 160 Å². The molecular formula is C17H28F5N3Si2. The first-order chi connectivity index (χ1) is 12.3. The zero-order valence-electron chi connectivity index (χ0n) is 16.6. The van der Waals surface area contributed by atoms with Gasteiger partial charge in [-0.05, 0) is 31.8 Å². The number of anilines is 1. The van der Waals surface area contributed by atoms with Crippen LogP contribution in [0, 0.1) is 11.3 Å². The largest absolute Gasteiger partial charge is 0.488 e. The molecule has 10 heteroatoms. The van der Waals surface area contributed by atoms with Crippen molar-refractivity contribution in [3.63, 3.8) is 0 Å². The number of alkyl halides is 3. The Hall–Kier alpha value is -1.45. The molecule has 0 aromatic heterocycles. The highest BCUT2D eigenvalue weighted by Gasteiger charge is 2.62. The molecule has 0 fully saturated rings. The molecule has 0 radical (unpaired) electrons. The second-order valence-electron chi connectivity index (χ2n) is 6.74. The van der Waals surface area contributed by atoms with Crippen LogP contribution in [0.3, 0.4) is 0 Å². The summed E-state index contributed by atoms with van der Waals surface area (Å²) in [5, 5.41) is 8.87. The van der Waals surface area contributed by atoms with Crippen LogP contribution < -0.4 is 4.79 Å². The Morgan fingerprint density at radius 3 is 1.85 bits per heavy atom. The van der Waals surface area contributed by atoms with Crippen molar-refractivity contribution < 1.29 is 21.8 Å². The highest BCUT2D eigenvalue weighted by Crippen LogP contribution is 2.35. The van der Waals surface area contributed by atoms with Gasteiger partial charge in [-0.25, -0.2) is 0 Å². The van der Waals surface area contributed by atoms with Crippen molar-refractivity contribution in [1.29, 1.82) is 5.26 Å². The molecule has 2 atom stereocenters. The predicted molar refractivity (Wildman–Crippen MR) is 104 cm³/mol. The van der Waals surface area contributed by atoms with Crippen LogP contribution in [-0.4, -0.2) is 40.3 Å². The van der Waals surface area contributed by atoms with E-state index in [-0.39, 0.29) is 12.1 Å². The first-order valence-corrected chi connectivity index (χ1v) is 14.0. The molecule has 0 saturated heterocycles. The molecule has 0 spiro atoms. The van der Waals surface area contributed by atoms with Crippen LogP contribution in [0.1, 0.15) is 20.8 Å². The highest BCUT2D eigenvalue weighted by atomic mass is 28.4. The maximum Gasteiger partial charge on any atom is 0.488 e. The Bertz CT molecular complexity index is 599. The SMILES string of the molecule is CCN(CC)[Si](C)(C)C(C)C#N.C[Si](F)(N(F)c1ccccc1)C(F)(F)F. The monoisotopic (exact) mass is 425 g/mol. The van der Waals surface area contributed by atoms with Crippen molar-refractivity contribution in [2.75, 3.05) is 17.9 Å². The molecular weight excluding hydrogens is 397 g/mol. The smallest absolute Gasteiger partial charge is 0.323 e. The topological polar surface area (TPSA) is 30.3 Å². The predicted octanol–water partition coefficient (Wildman–Crippen LogP) is 5.97. The summed E-state index contributed by atoms with van der Waals surface area (Å²) in [6, 6.07) is 8.71. The molecule has 0 amide bonds. The minimum atomic E-state index is -5.58. The fraction of sp³-hybridized carbons (Fsp3) is 0.588. The van der Waals surface area contributed by atoms with Gasteiger partial charge < -0.3 is 4.57 Å². The van der Waals surface area contributed by atoms with E-state index in [9.17, 15) is 21.8 Å². The number of benzene rings is 1. The van der Waals surface area contributed by atoms with Gasteiger partial charge in [-0.2, -0.15) is 23.2 Å².